The number of thiocarbonyl (C=S) groups is 1. The molecule has 0 heterocycles. The maximum Gasteiger partial charge on any atom is 0.191 e. The zero-order valence-corrected chi connectivity index (χ0v) is 19.4. The minimum absolute atomic E-state index is 0.318. The molecule has 3 aromatic carbocycles. The summed E-state index contributed by atoms with van der Waals surface area (Å²) in [6.07, 6.45) is 1.59. The minimum atomic E-state index is 0.318. The fourth-order valence-electron chi connectivity index (χ4n) is 2.74. The molecular weight excluding hydrogens is 446 g/mol. The first kappa shape index (κ1) is 23.4. The number of aryl methyl sites for hydroxylation is 1. The minimum Gasteiger partial charge on any atom is -0.493 e. The van der Waals surface area contributed by atoms with Gasteiger partial charge < -0.3 is 19.5 Å². The van der Waals surface area contributed by atoms with Crippen LogP contribution in [0.2, 0.25) is 5.02 Å². The van der Waals surface area contributed by atoms with Crippen LogP contribution < -0.4 is 25.0 Å². The van der Waals surface area contributed by atoms with Crippen molar-refractivity contribution < 1.29 is 14.2 Å². The van der Waals surface area contributed by atoms with Gasteiger partial charge in [-0.05, 0) is 61.1 Å². The van der Waals surface area contributed by atoms with Gasteiger partial charge in [0.1, 0.15) is 19.0 Å². The first-order chi connectivity index (χ1) is 15.5. The Balaban J connectivity index is 1.53. The molecule has 0 bridgehead atoms. The zero-order valence-electron chi connectivity index (χ0n) is 17.8. The summed E-state index contributed by atoms with van der Waals surface area (Å²) in [5.41, 5.74) is 5.55. The molecule has 0 saturated heterocycles. The van der Waals surface area contributed by atoms with E-state index in [-0.39, 0.29) is 0 Å². The van der Waals surface area contributed by atoms with E-state index in [4.69, 9.17) is 38.0 Å². The van der Waals surface area contributed by atoms with Crippen LogP contribution >= 0.6 is 23.8 Å². The third-order valence-corrected chi connectivity index (χ3v) is 4.76. The van der Waals surface area contributed by atoms with Gasteiger partial charge in [0, 0.05) is 5.69 Å². The highest BCUT2D eigenvalue weighted by Crippen LogP contribution is 2.36. The van der Waals surface area contributed by atoms with Crippen LogP contribution in [0.25, 0.3) is 0 Å². The average molecular weight is 470 g/mol. The second-order valence-corrected chi connectivity index (χ2v) is 7.55. The van der Waals surface area contributed by atoms with Crippen molar-refractivity contribution in [3.63, 3.8) is 0 Å². The third-order valence-electron chi connectivity index (χ3n) is 4.28. The zero-order chi connectivity index (χ0) is 22.8. The summed E-state index contributed by atoms with van der Waals surface area (Å²) in [6.45, 7) is 2.72. The van der Waals surface area contributed by atoms with E-state index in [2.05, 4.69) is 15.8 Å². The van der Waals surface area contributed by atoms with Crippen molar-refractivity contribution >= 4 is 40.8 Å². The molecule has 0 saturated carbocycles. The van der Waals surface area contributed by atoms with Crippen molar-refractivity contribution in [2.24, 2.45) is 5.10 Å². The number of benzene rings is 3. The van der Waals surface area contributed by atoms with Gasteiger partial charge in [-0.15, -0.1) is 0 Å². The Bertz CT molecular complexity index is 1060. The van der Waals surface area contributed by atoms with Crippen molar-refractivity contribution in [1.82, 2.24) is 5.43 Å². The number of hydrogen-bond acceptors (Lipinski definition) is 5. The van der Waals surface area contributed by atoms with Crippen molar-refractivity contribution in [2.45, 2.75) is 6.92 Å². The van der Waals surface area contributed by atoms with Gasteiger partial charge in [0.25, 0.3) is 0 Å². The highest BCUT2D eigenvalue weighted by molar-refractivity contribution is 7.80. The molecule has 0 aliphatic carbocycles. The summed E-state index contributed by atoms with van der Waals surface area (Å²) in [4.78, 5) is 0. The van der Waals surface area contributed by atoms with Crippen LogP contribution in [-0.4, -0.2) is 31.7 Å². The fraction of sp³-hybridized carbons (Fsp3) is 0.167. The molecule has 32 heavy (non-hydrogen) atoms. The normalized spacial score (nSPS) is 10.6. The highest BCUT2D eigenvalue weighted by Gasteiger charge is 2.12. The van der Waals surface area contributed by atoms with E-state index in [1.807, 2.05) is 61.5 Å². The number of anilines is 1. The molecule has 8 heteroatoms. The second-order valence-electron chi connectivity index (χ2n) is 6.73. The molecule has 0 aliphatic heterocycles. The first-order valence-corrected chi connectivity index (χ1v) is 10.7. The van der Waals surface area contributed by atoms with E-state index in [1.54, 1.807) is 25.5 Å². The molecule has 0 spiro atoms. The lowest BCUT2D eigenvalue weighted by Crippen LogP contribution is -2.23. The van der Waals surface area contributed by atoms with E-state index in [9.17, 15) is 0 Å². The predicted molar refractivity (Wildman–Crippen MR) is 134 cm³/mol. The van der Waals surface area contributed by atoms with Crippen LogP contribution in [0.5, 0.6) is 17.2 Å². The number of para-hydroxylation sites is 1. The summed E-state index contributed by atoms with van der Waals surface area (Å²) >= 11 is 11.6. The largest absolute Gasteiger partial charge is 0.493 e. The van der Waals surface area contributed by atoms with Crippen molar-refractivity contribution in [2.75, 3.05) is 25.6 Å². The Kier molecular flexibility index (Phi) is 8.71. The molecule has 0 unspecified atom stereocenters. The molecule has 0 aromatic heterocycles. The number of hydrazone groups is 1. The number of ether oxygens (including phenoxy) is 3. The van der Waals surface area contributed by atoms with Crippen LogP contribution in [0, 0.1) is 6.92 Å². The summed E-state index contributed by atoms with van der Waals surface area (Å²) in [5.74, 6) is 1.74. The van der Waals surface area contributed by atoms with Gasteiger partial charge in [-0.2, -0.15) is 5.10 Å². The standard InChI is InChI=1S/C24H24ClN3O3S/c1-17-8-10-20(11-9-17)30-12-13-31-23-21(25)14-18(15-22(23)29-2)16-26-28-24(32)27-19-6-4-3-5-7-19/h3-11,14-16H,12-13H2,1-2H3,(H2,27,28,32). The molecule has 0 amide bonds. The molecule has 6 nitrogen and oxygen atoms in total. The number of nitrogens with one attached hydrogen (secondary N) is 2. The van der Waals surface area contributed by atoms with Crippen LogP contribution in [-0.2, 0) is 0 Å². The molecule has 166 valence electrons. The number of rotatable bonds is 9. The Morgan fingerprint density at radius 3 is 2.47 bits per heavy atom. The van der Waals surface area contributed by atoms with Crippen LogP contribution in [0.1, 0.15) is 11.1 Å². The summed E-state index contributed by atoms with van der Waals surface area (Å²) in [7, 11) is 1.55. The van der Waals surface area contributed by atoms with E-state index in [1.165, 1.54) is 5.56 Å². The predicted octanol–water partition coefficient (Wildman–Crippen LogP) is 5.44. The second kappa shape index (κ2) is 11.9. The van der Waals surface area contributed by atoms with Gasteiger partial charge in [-0.1, -0.05) is 47.5 Å². The third kappa shape index (κ3) is 7.14. The molecule has 2 N–H and O–H groups in total. The quantitative estimate of drug-likeness (QED) is 0.188. The van der Waals surface area contributed by atoms with Gasteiger partial charge in [-0.25, -0.2) is 0 Å². The number of methoxy groups -OCH3 is 1. The van der Waals surface area contributed by atoms with Crippen molar-refractivity contribution in [3.8, 4) is 17.2 Å². The van der Waals surface area contributed by atoms with Gasteiger partial charge in [0.15, 0.2) is 16.6 Å². The summed E-state index contributed by atoms with van der Waals surface area (Å²) < 4.78 is 16.9. The van der Waals surface area contributed by atoms with Gasteiger partial charge >= 0.3 is 0 Å². The van der Waals surface area contributed by atoms with Crippen LogP contribution in [0.3, 0.4) is 0 Å². The van der Waals surface area contributed by atoms with E-state index in [0.717, 1.165) is 17.0 Å². The fourth-order valence-corrected chi connectivity index (χ4v) is 3.18. The molecule has 3 rings (SSSR count). The van der Waals surface area contributed by atoms with Crippen molar-refractivity contribution in [3.05, 3.63) is 82.9 Å². The Hall–Kier alpha value is -3.29. The molecule has 0 aliphatic rings. The summed E-state index contributed by atoms with van der Waals surface area (Å²) in [5, 5.41) is 7.97. The van der Waals surface area contributed by atoms with Crippen LogP contribution in [0.4, 0.5) is 5.69 Å². The maximum absolute atomic E-state index is 6.41. The van der Waals surface area contributed by atoms with Crippen molar-refractivity contribution in [1.29, 1.82) is 0 Å². The molecule has 0 atom stereocenters. The molecule has 0 fully saturated rings. The Labute approximate surface area is 198 Å². The van der Waals surface area contributed by atoms with Crippen LogP contribution in [0.15, 0.2) is 71.8 Å². The maximum atomic E-state index is 6.41. The smallest absolute Gasteiger partial charge is 0.191 e. The molecule has 3 aromatic rings. The molecule has 0 radical (unpaired) electrons. The Morgan fingerprint density at radius 2 is 1.75 bits per heavy atom. The number of halogens is 1. The SMILES string of the molecule is COc1cc(C=NNC(=S)Nc2ccccc2)cc(Cl)c1OCCOc1ccc(C)cc1. The molecular formula is C24H24ClN3O3S. The monoisotopic (exact) mass is 469 g/mol. The number of nitrogens with zero attached hydrogens (tertiary/aromatic N) is 1. The lowest BCUT2D eigenvalue weighted by Gasteiger charge is -2.14. The topological polar surface area (TPSA) is 64.1 Å². The van der Waals surface area contributed by atoms with Gasteiger partial charge in [0.2, 0.25) is 0 Å². The summed E-state index contributed by atoms with van der Waals surface area (Å²) in [6, 6.07) is 20.9. The van der Waals surface area contributed by atoms with E-state index in [0.29, 0.717) is 34.8 Å². The van der Waals surface area contributed by atoms with E-state index >= 15 is 0 Å². The Morgan fingerprint density at radius 1 is 1.03 bits per heavy atom. The first-order valence-electron chi connectivity index (χ1n) is 9.90. The van der Waals surface area contributed by atoms with Gasteiger partial charge in [0.05, 0.1) is 18.3 Å². The lowest BCUT2D eigenvalue weighted by molar-refractivity contribution is 0.211. The highest BCUT2D eigenvalue weighted by atomic mass is 35.5. The average Bonchev–Trinajstić information content (AvgIpc) is 2.79. The lowest BCUT2D eigenvalue weighted by atomic mass is 10.2. The number of hydrogen-bond donors (Lipinski definition) is 2. The van der Waals surface area contributed by atoms with E-state index < -0.39 is 0 Å². The van der Waals surface area contributed by atoms with Gasteiger partial charge in [-0.3, -0.25) is 5.43 Å².